The van der Waals surface area contributed by atoms with Crippen molar-refractivity contribution in [3.8, 4) is 11.5 Å². The number of methoxy groups -OCH3 is 3. The Morgan fingerprint density at radius 2 is 1.62 bits per heavy atom. The van der Waals surface area contributed by atoms with E-state index in [-0.39, 0.29) is 5.78 Å². The molecule has 0 radical (unpaired) electrons. The summed E-state index contributed by atoms with van der Waals surface area (Å²) in [6.07, 6.45) is 0.354. The third-order valence-electron chi connectivity index (χ3n) is 2.21. The fraction of sp³-hybridized carbons (Fsp3) is 0.417. The average molecular weight is 224 g/mol. The summed E-state index contributed by atoms with van der Waals surface area (Å²) in [6, 6.07) is 5.12. The van der Waals surface area contributed by atoms with Crippen molar-refractivity contribution in [2.24, 2.45) is 0 Å². The molecule has 0 aliphatic carbocycles. The van der Waals surface area contributed by atoms with Gasteiger partial charge in [-0.25, -0.2) is 0 Å². The van der Waals surface area contributed by atoms with E-state index in [1.807, 2.05) is 0 Å². The zero-order chi connectivity index (χ0) is 12.0. The van der Waals surface area contributed by atoms with E-state index < -0.39 is 0 Å². The lowest BCUT2D eigenvalue weighted by molar-refractivity contribution is 0.0931. The van der Waals surface area contributed by atoms with Crippen molar-refractivity contribution in [2.75, 3.05) is 27.9 Å². The summed E-state index contributed by atoms with van der Waals surface area (Å²) in [7, 11) is 4.68. The highest BCUT2D eigenvalue weighted by atomic mass is 16.5. The molecule has 0 saturated heterocycles. The van der Waals surface area contributed by atoms with Gasteiger partial charge in [0.2, 0.25) is 0 Å². The number of hydrogen-bond donors (Lipinski definition) is 0. The molecule has 0 unspecified atom stereocenters. The Balaban J connectivity index is 2.89. The van der Waals surface area contributed by atoms with E-state index >= 15 is 0 Å². The van der Waals surface area contributed by atoms with Gasteiger partial charge in [-0.2, -0.15) is 0 Å². The summed E-state index contributed by atoms with van der Waals surface area (Å²) in [5.74, 6) is 1.24. The monoisotopic (exact) mass is 224 g/mol. The first-order valence-electron chi connectivity index (χ1n) is 4.96. The van der Waals surface area contributed by atoms with Gasteiger partial charge in [0.05, 0.1) is 20.8 Å². The quantitative estimate of drug-likeness (QED) is 0.692. The number of ether oxygens (including phenoxy) is 3. The zero-order valence-electron chi connectivity index (χ0n) is 9.78. The Kier molecular flexibility index (Phi) is 4.79. The van der Waals surface area contributed by atoms with Crippen LogP contribution >= 0.6 is 0 Å². The molecule has 0 saturated carbocycles. The first kappa shape index (κ1) is 12.5. The molecule has 0 aromatic heterocycles. The lowest BCUT2D eigenvalue weighted by Gasteiger charge is -2.07. The molecule has 0 amide bonds. The first-order valence-corrected chi connectivity index (χ1v) is 4.96. The van der Waals surface area contributed by atoms with Crippen molar-refractivity contribution in [2.45, 2.75) is 6.42 Å². The van der Waals surface area contributed by atoms with Gasteiger partial charge in [0, 0.05) is 25.2 Å². The Morgan fingerprint density at radius 1 is 1.06 bits per heavy atom. The van der Waals surface area contributed by atoms with Crippen LogP contribution in [-0.2, 0) is 4.74 Å². The van der Waals surface area contributed by atoms with Gasteiger partial charge in [-0.3, -0.25) is 4.79 Å². The van der Waals surface area contributed by atoms with E-state index in [2.05, 4.69) is 0 Å². The predicted molar refractivity (Wildman–Crippen MR) is 60.4 cm³/mol. The molecule has 4 nitrogen and oxygen atoms in total. The van der Waals surface area contributed by atoms with E-state index in [1.165, 1.54) is 0 Å². The van der Waals surface area contributed by atoms with Crippen LogP contribution in [0, 0.1) is 0 Å². The summed E-state index contributed by atoms with van der Waals surface area (Å²) < 4.78 is 15.0. The van der Waals surface area contributed by atoms with E-state index in [1.54, 1.807) is 39.5 Å². The number of carbonyl (C=O) groups is 1. The fourth-order valence-electron chi connectivity index (χ4n) is 1.31. The van der Waals surface area contributed by atoms with Crippen LogP contribution in [0.5, 0.6) is 11.5 Å². The van der Waals surface area contributed by atoms with Crippen LogP contribution < -0.4 is 9.47 Å². The number of benzene rings is 1. The Labute approximate surface area is 95.1 Å². The second-order valence-electron chi connectivity index (χ2n) is 3.27. The van der Waals surface area contributed by atoms with Gasteiger partial charge in [0.15, 0.2) is 5.78 Å². The minimum absolute atomic E-state index is 0.0130. The molecule has 0 fully saturated rings. The molecule has 0 heterocycles. The number of Topliss-reactive ketones (excluding diaryl/α,β-unsaturated/α-hetero) is 1. The molecule has 1 aromatic carbocycles. The van der Waals surface area contributed by atoms with Gasteiger partial charge < -0.3 is 14.2 Å². The third kappa shape index (κ3) is 3.24. The maximum atomic E-state index is 11.7. The van der Waals surface area contributed by atoms with Crippen LogP contribution in [-0.4, -0.2) is 33.7 Å². The summed E-state index contributed by atoms with van der Waals surface area (Å²) in [5.41, 5.74) is 0.577. The highest BCUT2D eigenvalue weighted by molar-refractivity contribution is 5.96. The smallest absolute Gasteiger partial charge is 0.165 e. The minimum Gasteiger partial charge on any atom is -0.497 e. The summed E-state index contributed by atoms with van der Waals surface area (Å²) in [4.78, 5) is 11.7. The molecule has 0 N–H and O–H groups in total. The predicted octanol–water partition coefficient (Wildman–Crippen LogP) is 1.92. The van der Waals surface area contributed by atoms with Crippen molar-refractivity contribution in [3.05, 3.63) is 23.8 Å². The maximum absolute atomic E-state index is 11.7. The number of ketones is 1. The van der Waals surface area contributed by atoms with Gasteiger partial charge in [-0.15, -0.1) is 0 Å². The summed E-state index contributed by atoms with van der Waals surface area (Å²) in [6.45, 7) is 0.415. The lowest BCUT2D eigenvalue weighted by atomic mass is 10.1. The Bertz CT molecular complexity index is 338. The van der Waals surface area contributed by atoms with Crippen molar-refractivity contribution < 1.29 is 19.0 Å². The molecule has 0 spiro atoms. The highest BCUT2D eigenvalue weighted by Gasteiger charge is 2.09. The van der Waals surface area contributed by atoms with E-state index in [9.17, 15) is 4.79 Å². The van der Waals surface area contributed by atoms with E-state index in [4.69, 9.17) is 14.2 Å². The lowest BCUT2D eigenvalue weighted by Crippen LogP contribution is -2.04. The standard InChI is InChI=1S/C12H16O4/c1-14-5-4-12(13)9-6-10(15-2)8-11(7-9)16-3/h6-8H,4-5H2,1-3H3. The normalized spacial score (nSPS) is 9.94. The van der Waals surface area contributed by atoms with Crippen LogP contribution in [0.1, 0.15) is 16.8 Å². The SMILES string of the molecule is COCCC(=O)c1cc(OC)cc(OC)c1. The Hall–Kier alpha value is -1.55. The zero-order valence-corrected chi connectivity index (χ0v) is 9.78. The van der Waals surface area contributed by atoms with Crippen molar-refractivity contribution in [1.29, 1.82) is 0 Å². The summed E-state index contributed by atoms with van der Waals surface area (Å²) in [5, 5.41) is 0. The van der Waals surface area contributed by atoms with Crippen LogP contribution in [0.15, 0.2) is 18.2 Å². The van der Waals surface area contributed by atoms with Crippen LogP contribution in [0.4, 0.5) is 0 Å². The highest BCUT2D eigenvalue weighted by Crippen LogP contribution is 2.23. The molecule has 0 atom stereocenters. The molecule has 4 heteroatoms. The molecule has 0 aliphatic rings. The summed E-state index contributed by atoms with van der Waals surface area (Å²) >= 11 is 0. The minimum atomic E-state index is 0.0130. The van der Waals surface area contributed by atoms with Gasteiger partial charge in [-0.1, -0.05) is 0 Å². The molecular weight excluding hydrogens is 208 g/mol. The van der Waals surface area contributed by atoms with Crippen molar-refractivity contribution >= 4 is 5.78 Å². The molecule has 88 valence electrons. The average Bonchev–Trinajstić information content (AvgIpc) is 2.35. The second kappa shape index (κ2) is 6.12. The number of hydrogen-bond acceptors (Lipinski definition) is 4. The number of rotatable bonds is 6. The fourth-order valence-corrected chi connectivity index (χ4v) is 1.31. The van der Waals surface area contributed by atoms with Crippen molar-refractivity contribution in [3.63, 3.8) is 0 Å². The number of carbonyl (C=O) groups excluding carboxylic acids is 1. The van der Waals surface area contributed by atoms with Gasteiger partial charge in [0.1, 0.15) is 11.5 Å². The molecule has 16 heavy (non-hydrogen) atoms. The van der Waals surface area contributed by atoms with Crippen molar-refractivity contribution in [1.82, 2.24) is 0 Å². The molecule has 0 aliphatic heterocycles. The molecule has 0 bridgehead atoms. The first-order chi connectivity index (χ1) is 7.71. The third-order valence-corrected chi connectivity index (χ3v) is 2.21. The second-order valence-corrected chi connectivity index (χ2v) is 3.27. The Morgan fingerprint density at radius 3 is 2.06 bits per heavy atom. The van der Waals surface area contributed by atoms with Crippen LogP contribution in [0.2, 0.25) is 0 Å². The largest absolute Gasteiger partial charge is 0.497 e. The van der Waals surface area contributed by atoms with E-state index in [0.717, 1.165) is 0 Å². The molecular formula is C12H16O4. The maximum Gasteiger partial charge on any atom is 0.165 e. The molecule has 1 aromatic rings. The topological polar surface area (TPSA) is 44.8 Å². The van der Waals surface area contributed by atoms with Gasteiger partial charge in [-0.05, 0) is 12.1 Å². The van der Waals surface area contributed by atoms with Crippen LogP contribution in [0.25, 0.3) is 0 Å². The van der Waals surface area contributed by atoms with Gasteiger partial charge in [0.25, 0.3) is 0 Å². The van der Waals surface area contributed by atoms with Crippen LogP contribution in [0.3, 0.4) is 0 Å². The van der Waals surface area contributed by atoms with Gasteiger partial charge >= 0.3 is 0 Å². The van der Waals surface area contributed by atoms with E-state index in [0.29, 0.717) is 30.1 Å². The molecule has 1 rings (SSSR count).